The summed E-state index contributed by atoms with van der Waals surface area (Å²) in [5.41, 5.74) is -1.15. The molecule has 1 aromatic rings. The van der Waals surface area contributed by atoms with Crippen molar-refractivity contribution in [1.29, 1.82) is 0 Å². The van der Waals surface area contributed by atoms with E-state index in [1.165, 1.54) is 6.07 Å². The van der Waals surface area contributed by atoms with Crippen LogP contribution in [0.25, 0.3) is 6.08 Å². The van der Waals surface area contributed by atoms with E-state index in [0.29, 0.717) is 12.1 Å². The maximum Gasteiger partial charge on any atom is 0.416 e. The summed E-state index contributed by atoms with van der Waals surface area (Å²) in [4.78, 5) is 20.7. The highest BCUT2D eigenvalue weighted by atomic mass is 19.4. The monoisotopic (exact) mass is 244 g/mol. The van der Waals surface area contributed by atoms with E-state index in [-0.39, 0.29) is 17.4 Å². The molecule has 0 unspecified atom stereocenters. The molecule has 90 valence electrons. The van der Waals surface area contributed by atoms with Crippen molar-refractivity contribution in [3.63, 3.8) is 0 Å². The van der Waals surface area contributed by atoms with Crippen molar-refractivity contribution in [2.24, 2.45) is 0 Å². The van der Waals surface area contributed by atoms with Gasteiger partial charge >= 0.3 is 12.1 Å². The van der Waals surface area contributed by atoms with Crippen molar-refractivity contribution >= 4 is 18.3 Å². The minimum atomic E-state index is -4.58. The van der Waals surface area contributed by atoms with E-state index >= 15 is 0 Å². The Morgan fingerprint density at radius 2 is 1.76 bits per heavy atom. The first-order valence-corrected chi connectivity index (χ1v) is 4.41. The molecule has 1 N–H and O–H groups in total. The lowest BCUT2D eigenvalue weighted by molar-refractivity contribution is -0.137. The lowest BCUT2D eigenvalue weighted by Crippen LogP contribution is -2.06. The van der Waals surface area contributed by atoms with Crippen LogP contribution < -0.4 is 0 Å². The Hall–Kier alpha value is -2.11. The zero-order valence-corrected chi connectivity index (χ0v) is 8.36. The summed E-state index contributed by atoms with van der Waals surface area (Å²) in [6, 6.07) is 2.64. The first-order valence-electron chi connectivity index (χ1n) is 4.41. The second-order valence-corrected chi connectivity index (χ2v) is 3.18. The molecule has 17 heavy (non-hydrogen) atoms. The summed E-state index contributed by atoms with van der Waals surface area (Å²) in [5.74, 6) is -1.28. The molecule has 0 aliphatic carbocycles. The maximum atomic E-state index is 12.4. The average Bonchev–Trinajstić information content (AvgIpc) is 2.24. The van der Waals surface area contributed by atoms with Crippen LogP contribution in [0, 0.1) is 0 Å². The number of hydrogen-bond donors (Lipinski definition) is 1. The molecule has 0 saturated heterocycles. The normalized spacial score (nSPS) is 11.7. The molecule has 0 saturated carbocycles. The number of carbonyl (C=O) groups is 2. The summed E-state index contributed by atoms with van der Waals surface area (Å²) in [7, 11) is 0. The van der Waals surface area contributed by atoms with Crippen LogP contribution in [-0.4, -0.2) is 17.4 Å². The summed E-state index contributed by atoms with van der Waals surface area (Å²) in [6.07, 6.45) is -2.62. The first kappa shape index (κ1) is 13.0. The molecule has 0 amide bonds. The van der Waals surface area contributed by atoms with Gasteiger partial charge < -0.3 is 5.11 Å². The topological polar surface area (TPSA) is 54.4 Å². The molecule has 6 heteroatoms. The highest BCUT2D eigenvalue weighted by molar-refractivity contribution is 5.86. The van der Waals surface area contributed by atoms with Gasteiger partial charge in [-0.25, -0.2) is 4.79 Å². The van der Waals surface area contributed by atoms with Crippen LogP contribution in [0.2, 0.25) is 0 Å². The third-order valence-corrected chi connectivity index (χ3v) is 1.86. The lowest BCUT2D eigenvalue weighted by atomic mass is 10.1. The second kappa shape index (κ2) is 4.82. The zero-order chi connectivity index (χ0) is 13.1. The summed E-state index contributed by atoms with van der Waals surface area (Å²) < 4.78 is 37.3. The number of rotatable bonds is 3. The molecule has 0 fully saturated rings. The Morgan fingerprint density at radius 3 is 2.24 bits per heavy atom. The van der Waals surface area contributed by atoms with Crippen LogP contribution in [-0.2, 0) is 11.0 Å². The molecular weight excluding hydrogens is 237 g/mol. The van der Waals surface area contributed by atoms with E-state index in [9.17, 15) is 22.8 Å². The number of benzene rings is 1. The van der Waals surface area contributed by atoms with Gasteiger partial charge in [-0.1, -0.05) is 0 Å². The van der Waals surface area contributed by atoms with Gasteiger partial charge in [-0.3, -0.25) is 4.79 Å². The third-order valence-electron chi connectivity index (χ3n) is 1.86. The fourth-order valence-electron chi connectivity index (χ4n) is 1.17. The van der Waals surface area contributed by atoms with Crippen molar-refractivity contribution in [3.05, 3.63) is 41.0 Å². The number of aldehydes is 1. The Labute approximate surface area is 94.2 Å². The van der Waals surface area contributed by atoms with Gasteiger partial charge in [-0.05, 0) is 29.8 Å². The third kappa shape index (κ3) is 3.75. The van der Waals surface area contributed by atoms with Gasteiger partial charge in [0.05, 0.1) is 5.56 Å². The van der Waals surface area contributed by atoms with Crippen LogP contribution >= 0.6 is 0 Å². The number of carboxylic acid groups (broad SMARTS) is 1. The molecule has 0 aromatic heterocycles. The molecule has 1 rings (SSSR count). The molecule has 0 spiro atoms. The molecule has 0 aliphatic rings. The van der Waals surface area contributed by atoms with Crippen LogP contribution in [0.4, 0.5) is 13.2 Å². The average molecular weight is 244 g/mol. The van der Waals surface area contributed by atoms with Crippen molar-refractivity contribution in [2.45, 2.75) is 6.18 Å². The van der Waals surface area contributed by atoms with E-state index < -0.39 is 17.7 Å². The lowest BCUT2D eigenvalue weighted by Gasteiger charge is -2.08. The maximum absolute atomic E-state index is 12.4. The standard InChI is InChI=1S/C11H7F3O3/c12-11(13,14)9-4-7(1-2-10(16)17)3-8(5-9)6-15/h1-6H,(H,16,17). The Bertz CT molecular complexity index is 475. The van der Waals surface area contributed by atoms with Gasteiger partial charge in [0.1, 0.15) is 6.29 Å². The largest absolute Gasteiger partial charge is 0.478 e. The van der Waals surface area contributed by atoms with Gasteiger partial charge in [-0.2, -0.15) is 13.2 Å². The van der Waals surface area contributed by atoms with E-state index in [1.807, 2.05) is 0 Å². The van der Waals surface area contributed by atoms with Crippen molar-refractivity contribution in [1.82, 2.24) is 0 Å². The smallest absolute Gasteiger partial charge is 0.416 e. The molecule has 0 aliphatic heterocycles. The molecule has 0 bridgehead atoms. The summed E-state index contributed by atoms with van der Waals surface area (Å²) >= 11 is 0. The number of alkyl halides is 3. The van der Waals surface area contributed by atoms with Gasteiger partial charge in [0.25, 0.3) is 0 Å². The van der Waals surface area contributed by atoms with Gasteiger partial charge in [0.15, 0.2) is 0 Å². The molecule has 3 nitrogen and oxygen atoms in total. The first-order chi connectivity index (χ1) is 7.82. The summed E-state index contributed by atoms with van der Waals surface area (Å²) in [5, 5.41) is 8.35. The van der Waals surface area contributed by atoms with Gasteiger partial charge in [-0.15, -0.1) is 0 Å². The van der Waals surface area contributed by atoms with Crippen LogP contribution in [0.1, 0.15) is 21.5 Å². The fourth-order valence-corrected chi connectivity index (χ4v) is 1.17. The van der Waals surface area contributed by atoms with Crippen LogP contribution in [0.5, 0.6) is 0 Å². The zero-order valence-electron chi connectivity index (χ0n) is 8.36. The van der Waals surface area contributed by atoms with Crippen LogP contribution in [0.15, 0.2) is 24.3 Å². The molecule has 0 atom stereocenters. The van der Waals surface area contributed by atoms with Gasteiger partial charge in [0, 0.05) is 11.6 Å². The number of carboxylic acids is 1. The molecular formula is C11H7F3O3. The second-order valence-electron chi connectivity index (χ2n) is 3.18. The molecule has 1 aromatic carbocycles. The number of aliphatic carboxylic acids is 1. The van der Waals surface area contributed by atoms with Gasteiger partial charge in [0.2, 0.25) is 0 Å². The molecule has 0 heterocycles. The Balaban J connectivity index is 3.23. The predicted octanol–water partition coefficient (Wildman–Crippen LogP) is 2.62. The summed E-state index contributed by atoms with van der Waals surface area (Å²) in [6.45, 7) is 0. The van der Waals surface area contributed by atoms with E-state index in [2.05, 4.69) is 0 Å². The van der Waals surface area contributed by atoms with E-state index in [4.69, 9.17) is 5.11 Å². The Morgan fingerprint density at radius 1 is 1.18 bits per heavy atom. The van der Waals surface area contributed by atoms with Crippen molar-refractivity contribution in [2.75, 3.05) is 0 Å². The number of carbonyl (C=O) groups excluding carboxylic acids is 1. The highest BCUT2D eigenvalue weighted by Crippen LogP contribution is 2.30. The Kier molecular flexibility index (Phi) is 3.67. The number of halogens is 3. The highest BCUT2D eigenvalue weighted by Gasteiger charge is 2.30. The quantitative estimate of drug-likeness (QED) is 0.656. The number of hydrogen-bond acceptors (Lipinski definition) is 2. The predicted molar refractivity (Wildman–Crippen MR) is 53.5 cm³/mol. The van der Waals surface area contributed by atoms with Crippen molar-refractivity contribution < 1.29 is 27.9 Å². The SMILES string of the molecule is O=Cc1cc(C=CC(=O)O)cc(C(F)(F)F)c1. The minimum absolute atomic E-state index is 0.00400. The minimum Gasteiger partial charge on any atom is -0.478 e. The van der Waals surface area contributed by atoms with Crippen molar-refractivity contribution in [3.8, 4) is 0 Å². The molecule has 0 radical (unpaired) electrons. The van der Waals surface area contributed by atoms with Crippen LogP contribution in [0.3, 0.4) is 0 Å². The fraction of sp³-hybridized carbons (Fsp3) is 0.0909. The van der Waals surface area contributed by atoms with E-state index in [1.54, 1.807) is 0 Å². The van der Waals surface area contributed by atoms with E-state index in [0.717, 1.165) is 12.1 Å².